The zero-order valence-corrected chi connectivity index (χ0v) is 18.2. The first-order chi connectivity index (χ1) is 14.2. The molecule has 146 valence electrons. The smallest absolute Gasteiger partial charge is 0.230 e. The molecule has 0 radical (unpaired) electrons. The molecule has 0 bridgehead atoms. The lowest BCUT2D eigenvalue weighted by Gasteiger charge is -2.05. The van der Waals surface area contributed by atoms with Crippen LogP contribution in [0.5, 0.6) is 0 Å². The molecule has 0 unspecified atom stereocenters. The third-order valence-electron chi connectivity index (χ3n) is 3.91. The fraction of sp³-hybridized carbons (Fsp3) is 0.105. The number of thiazole rings is 1. The van der Waals surface area contributed by atoms with E-state index in [1.165, 1.54) is 11.9 Å². The van der Waals surface area contributed by atoms with Gasteiger partial charge in [-0.3, -0.25) is 4.79 Å². The van der Waals surface area contributed by atoms with Crippen molar-refractivity contribution in [2.75, 3.05) is 5.32 Å². The van der Waals surface area contributed by atoms with Crippen LogP contribution in [0.15, 0.2) is 69.1 Å². The van der Waals surface area contributed by atoms with Gasteiger partial charge in [0.15, 0.2) is 0 Å². The van der Waals surface area contributed by atoms with E-state index in [1.54, 1.807) is 27.8 Å². The zero-order valence-electron chi connectivity index (χ0n) is 15.0. The van der Waals surface area contributed by atoms with Crippen LogP contribution < -0.4 is 5.32 Å². The fourth-order valence-electron chi connectivity index (χ4n) is 2.51. The molecule has 0 atom stereocenters. The standard InChI is InChI=1S/C19H15BrN6OS2/c20-14-3-1-13(2-4-14)10-28-19-23-16(11-29-19)9-18(27)22-15-5-7-17(8-6-15)26-12-21-24-25-26/h1-8,11-12H,9-10H2,(H,22,27). The van der Waals surface area contributed by atoms with Crippen LogP contribution >= 0.6 is 39.0 Å². The summed E-state index contributed by atoms with van der Waals surface area (Å²) < 4.78 is 3.58. The van der Waals surface area contributed by atoms with Crippen molar-refractivity contribution >= 4 is 50.6 Å². The van der Waals surface area contributed by atoms with Crippen LogP contribution in [0.25, 0.3) is 5.69 Å². The number of tetrazole rings is 1. The minimum absolute atomic E-state index is 0.102. The summed E-state index contributed by atoms with van der Waals surface area (Å²) in [6.45, 7) is 0. The lowest BCUT2D eigenvalue weighted by Crippen LogP contribution is -2.14. The molecule has 10 heteroatoms. The van der Waals surface area contributed by atoms with E-state index in [4.69, 9.17) is 0 Å². The van der Waals surface area contributed by atoms with Crippen LogP contribution in [0.1, 0.15) is 11.3 Å². The summed E-state index contributed by atoms with van der Waals surface area (Å²) in [5.74, 6) is 0.745. The number of aromatic nitrogens is 5. The number of carbonyl (C=O) groups excluding carboxylic acids is 1. The van der Waals surface area contributed by atoms with Crippen molar-refractivity contribution in [3.8, 4) is 5.69 Å². The third kappa shape index (κ3) is 5.49. The topological polar surface area (TPSA) is 85.6 Å². The maximum absolute atomic E-state index is 12.3. The van der Waals surface area contributed by atoms with Crippen LogP contribution in [0.4, 0.5) is 5.69 Å². The second kappa shape index (κ2) is 9.29. The van der Waals surface area contributed by atoms with Gasteiger partial charge in [0.05, 0.1) is 17.8 Å². The Labute approximate surface area is 183 Å². The highest BCUT2D eigenvalue weighted by Crippen LogP contribution is 2.27. The summed E-state index contributed by atoms with van der Waals surface area (Å²) >= 11 is 6.68. The Morgan fingerprint density at radius 1 is 1.14 bits per heavy atom. The molecule has 0 spiro atoms. The summed E-state index contributed by atoms with van der Waals surface area (Å²) in [4.78, 5) is 16.9. The molecule has 2 heterocycles. The SMILES string of the molecule is O=C(Cc1csc(SCc2ccc(Br)cc2)n1)Nc1ccc(-n2cnnn2)cc1. The van der Waals surface area contributed by atoms with Crippen molar-refractivity contribution < 1.29 is 4.79 Å². The first-order valence-corrected chi connectivity index (χ1v) is 11.3. The van der Waals surface area contributed by atoms with Gasteiger partial charge in [-0.2, -0.15) is 0 Å². The van der Waals surface area contributed by atoms with Crippen LogP contribution in [-0.4, -0.2) is 31.1 Å². The number of rotatable bonds is 7. The molecule has 0 fully saturated rings. The fourth-order valence-corrected chi connectivity index (χ4v) is 4.57. The molecule has 2 aromatic carbocycles. The predicted molar refractivity (Wildman–Crippen MR) is 117 cm³/mol. The number of nitrogens with one attached hydrogen (secondary N) is 1. The number of carbonyl (C=O) groups is 1. The molecule has 0 aliphatic heterocycles. The van der Waals surface area contributed by atoms with Gasteiger partial charge in [0.1, 0.15) is 10.7 Å². The second-order valence-corrected chi connectivity index (χ2v) is 9.04. The maximum Gasteiger partial charge on any atom is 0.230 e. The Bertz CT molecular complexity index is 1080. The molecule has 29 heavy (non-hydrogen) atoms. The molecule has 0 aliphatic rings. The molecule has 7 nitrogen and oxygen atoms in total. The zero-order chi connectivity index (χ0) is 20.1. The van der Waals surface area contributed by atoms with Crippen molar-refractivity contribution in [3.63, 3.8) is 0 Å². The first kappa shape index (κ1) is 19.7. The Kier molecular flexibility index (Phi) is 6.33. The summed E-state index contributed by atoms with van der Waals surface area (Å²) in [6.07, 6.45) is 1.76. The normalized spacial score (nSPS) is 10.8. The van der Waals surface area contributed by atoms with Gasteiger partial charge in [-0.15, -0.1) is 16.4 Å². The quantitative estimate of drug-likeness (QED) is 0.390. The third-order valence-corrected chi connectivity index (χ3v) is 6.58. The minimum Gasteiger partial charge on any atom is -0.326 e. The Hall–Kier alpha value is -2.56. The molecule has 2 aromatic heterocycles. The van der Waals surface area contributed by atoms with Gasteiger partial charge >= 0.3 is 0 Å². The molecule has 4 rings (SSSR count). The molecular formula is C19H15BrN6OS2. The van der Waals surface area contributed by atoms with E-state index in [2.05, 4.69) is 53.9 Å². The number of thioether (sulfide) groups is 1. The molecule has 0 saturated heterocycles. The van der Waals surface area contributed by atoms with E-state index in [9.17, 15) is 4.79 Å². The van der Waals surface area contributed by atoms with Gasteiger partial charge < -0.3 is 5.32 Å². The largest absolute Gasteiger partial charge is 0.326 e. The van der Waals surface area contributed by atoms with Crippen LogP contribution in [0, 0.1) is 0 Å². The van der Waals surface area contributed by atoms with Crippen LogP contribution in [0.2, 0.25) is 0 Å². The monoisotopic (exact) mass is 486 g/mol. The van der Waals surface area contributed by atoms with Gasteiger partial charge in [0.2, 0.25) is 5.91 Å². The highest BCUT2D eigenvalue weighted by atomic mass is 79.9. The number of amides is 1. The van der Waals surface area contributed by atoms with Gasteiger partial charge in [-0.25, -0.2) is 9.67 Å². The average molecular weight is 487 g/mol. The Morgan fingerprint density at radius 3 is 2.66 bits per heavy atom. The Morgan fingerprint density at radius 2 is 1.93 bits per heavy atom. The van der Waals surface area contributed by atoms with Gasteiger partial charge in [-0.05, 0) is 52.4 Å². The number of halogens is 1. The number of hydrogen-bond donors (Lipinski definition) is 1. The van der Waals surface area contributed by atoms with Gasteiger partial charge in [0, 0.05) is 21.3 Å². The summed E-state index contributed by atoms with van der Waals surface area (Å²) in [5.41, 5.74) is 3.54. The predicted octanol–water partition coefficient (Wildman–Crippen LogP) is 4.35. The summed E-state index contributed by atoms with van der Waals surface area (Å²) in [5, 5.41) is 15.9. The van der Waals surface area contributed by atoms with Crippen molar-refractivity contribution in [1.29, 1.82) is 0 Å². The van der Waals surface area contributed by atoms with Crippen molar-refractivity contribution in [2.24, 2.45) is 0 Å². The lowest BCUT2D eigenvalue weighted by molar-refractivity contribution is -0.115. The van der Waals surface area contributed by atoms with Gasteiger partial charge in [-0.1, -0.05) is 39.8 Å². The molecule has 0 saturated carbocycles. The molecule has 1 N–H and O–H groups in total. The molecule has 4 aromatic rings. The van der Waals surface area contributed by atoms with E-state index >= 15 is 0 Å². The van der Waals surface area contributed by atoms with E-state index in [-0.39, 0.29) is 12.3 Å². The lowest BCUT2D eigenvalue weighted by atomic mass is 10.2. The Balaban J connectivity index is 1.29. The highest BCUT2D eigenvalue weighted by Gasteiger charge is 2.09. The van der Waals surface area contributed by atoms with Crippen molar-refractivity contribution in [1.82, 2.24) is 25.2 Å². The average Bonchev–Trinajstić information content (AvgIpc) is 3.40. The van der Waals surface area contributed by atoms with Crippen LogP contribution in [0.3, 0.4) is 0 Å². The first-order valence-electron chi connectivity index (χ1n) is 8.61. The highest BCUT2D eigenvalue weighted by molar-refractivity contribution is 9.10. The molecule has 0 aliphatic carbocycles. The number of nitrogens with zero attached hydrogens (tertiary/aromatic N) is 5. The van der Waals surface area contributed by atoms with Crippen molar-refractivity contribution in [2.45, 2.75) is 16.5 Å². The molecule has 1 amide bonds. The van der Waals surface area contributed by atoms with Gasteiger partial charge in [0.25, 0.3) is 0 Å². The number of anilines is 1. The molecular weight excluding hydrogens is 472 g/mol. The number of hydrogen-bond acceptors (Lipinski definition) is 7. The number of benzene rings is 2. The minimum atomic E-state index is -0.102. The van der Waals surface area contributed by atoms with E-state index in [1.807, 2.05) is 41.8 Å². The van der Waals surface area contributed by atoms with E-state index in [0.29, 0.717) is 5.69 Å². The second-order valence-electron chi connectivity index (χ2n) is 6.05. The maximum atomic E-state index is 12.3. The van der Waals surface area contributed by atoms with Crippen LogP contribution in [-0.2, 0) is 17.0 Å². The summed E-state index contributed by atoms with van der Waals surface area (Å²) in [7, 11) is 0. The van der Waals surface area contributed by atoms with E-state index in [0.717, 1.165) is 25.9 Å². The van der Waals surface area contributed by atoms with Crippen molar-refractivity contribution in [3.05, 3.63) is 76.0 Å². The van der Waals surface area contributed by atoms with E-state index < -0.39 is 0 Å². The summed E-state index contributed by atoms with van der Waals surface area (Å²) in [6, 6.07) is 15.5.